The van der Waals surface area contributed by atoms with E-state index in [-0.39, 0.29) is 52.5 Å². The SMILES string of the molecule is CCNC(=O)[C@@H](NC(=O)[C@H](C)NC[C@H](Cc1ccccc1)NC(=O)c1cc(C(=O)NCc2cc[nH]n2)cc(N(C)S(=O)(=O)c2ccccc2)c1)C(C)C. The predicted molar refractivity (Wildman–Crippen MR) is 203 cm³/mol. The van der Waals surface area contributed by atoms with Crippen molar-refractivity contribution in [1.29, 1.82) is 0 Å². The maximum Gasteiger partial charge on any atom is 0.264 e. The summed E-state index contributed by atoms with van der Waals surface area (Å²) in [5, 5.41) is 21.3. The Kier molecular flexibility index (Phi) is 14.3. The highest BCUT2D eigenvalue weighted by atomic mass is 32.2. The number of likely N-dealkylation sites (N-methyl/N-ethyl adjacent to an activating group) is 1. The quantitative estimate of drug-likeness (QED) is 0.0895. The van der Waals surface area contributed by atoms with Crippen molar-refractivity contribution >= 4 is 39.3 Å². The molecular formula is C38H48N8O6S. The molecule has 53 heavy (non-hydrogen) atoms. The number of nitrogens with zero attached hydrogens (tertiary/aromatic N) is 2. The molecule has 14 nitrogen and oxygen atoms in total. The molecule has 4 aromatic rings. The van der Waals surface area contributed by atoms with E-state index in [2.05, 4.69) is 36.8 Å². The van der Waals surface area contributed by atoms with Gasteiger partial charge in [-0.1, -0.05) is 62.4 Å². The molecule has 1 aromatic heterocycles. The lowest BCUT2D eigenvalue weighted by Crippen LogP contribution is -2.55. The minimum atomic E-state index is -4.05. The molecule has 0 fully saturated rings. The topological polar surface area (TPSA) is 194 Å². The fourth-order valence-corrected chi connectivity index (χ4v) is 6.66. The number of aromatic amines is 1. The molecule has 0 aliphatic heterocycles. The van der Waals surface area contributed by atoms with Crippen molar-refractivity contribution in [3.8, 4) is 0 Å². The molecule has 3 aromatic carbocycles. The van der Waals surface area contributed by atoms with E-state index in [4.69, 9.17) is 0 Å². The Balaban J connectivity index is 1.60. The zero-order chi connectivity index (χ0) is 38.5. The molecule has 0 saturated heterocycles. The van der Waals surface area contributed by atoms with Gasteiger partial charge in [0, 0.05) is 43.5 Å². The van der Waals surface area contributed by atoms with Gasteiger partial charge in [0.25, 0.3) is 21.8 Å². The van der Waals surface area contributed by atoms with Crippen LogP contribution < -0.4 is 30.9 Å². The molecule has 0 saturated carbocycles. The Hall–Kier alpha value is -5.54. The zero-order valence-corrected chi connectivity index (χ0v) is 31.4. The van der Waals surface area contributed by atoms with Crippen molar-refractivity contribution in [3.63, 3.8) is 0 Å². The first-order valence-electron chi connectivity index (χ1n) is 17.4. The van der Waals surface area contributed by atoms with Crippen LogP contribution in [0.5, 0.6) is 0 Å². The van der Waals surface area contributed by atoms with Crippen LogP contribution in [0.3, 0.4) is 0 Å². The summed E-state index contributed by atoms with van der Waals surface area (Å²) < 4.78 is 28.2. The summed E-state index contributed by atoms with van der Waals surface area (Å²) in [5.41, 5.74) is 1.72. The fraction of sp³-hybridized carbons (Fsp3) is 0.342. The lowest BCUT2D eigenvalue weighted by Gasteiger charge is -2.26. The third kappa shape index (κ3) is 11.2. The number of rotatable bonds is 18. The van der Waals surface area contributed by atoms with E-state index in [1.54, 1.807) is 37.4 Å². The molecule has 6 N–H and O–H groups in total. The molecule has 0 unspecified atom stereocenters. The van der Waals surface area contributed by atoms with Crippen molar-refractivity contribution < 1.29 is 27.6 Å². The van der Waals surface area contributed by atoms with Crippen LogP contribution in [0, 0.1) is 5.92 Å². The van der Waals surface area contributed by atoms with E-state index in [0.717, 1.165) is 9.87 Å². The van der Waals surface area contributed by atoms with Crippen molar-refractivity contribution in [2.75, 3.05) is 24.4 Å². The molecule has 1 heterocycles. The van der Waals surface area contributed by atoms with Gasteiger partial charge in [0.05, 0.1) is 28.9 Å². The second kappa shape index (κ2) is 18.8. The number of anilines is 1. The van der Waals surface area contributed by atoms with E-state index in [9.17, 15) is 27.6 Å². The smallest absolute Gasteiger partial charge is 0.264 e. The summed E-state index contributed by atoms with van der Waals surface area (Å²) in [4.78, 5) is 53.2. The first-order chi connectivity index (χ1) is 25.3. The lowest BCUT2D eigenvalue weighted by molar-refractivity contribution is -0.130. The molecule has 0 spiro atoms. The Morgan fingerprint density at radius 2 is 1.45 bits per heavy atom. The van der Waals surface area contributed by atoms with E-state index in [0.29, 0.717) is 18.7 Å². The molecule has 0 radical (unpaired) electrons. The number of carbonyl (C=O) groups excluding carboxylic acids is 4. The van der Waals surface area contributed by atoms with Gasteiger partial charge in [-0.2, -0.15) is 5.10 Å². The summed E-state index contributed by atoms with van der Waals surface area (Å²) in [6.07, 6.45) is 2.01. The Labute approximate surface area is 310 Å². The molecule has 4 rings (SSSR count). The maximum atomic E-state index is 14.0. The minimum absolute atomic E-state index is 0.0414. The van der Waals surface area contributed by atoms with Crippen LogP contribution in [0.1, 0.15) is 59.7 Å². The molecule has 0 bridgehead atoms. The van der Waals surface area contributed by atoms with Crippen molar-refractivity contribution in [2.45, 2.75) is 63.7 Å². The van der Waals surface area contributed by atoms with Crippen molar-refractivity contribution in [2.24, 2.45) is 5.92 Å². The van der Waals surface area contributed by atoms with E-state index in [1.807, 2.05) is 51.1 Å². The number of carbonyl (C=O) groups is 4. The molecular weight excluding hydrogens is 697 g/mol. The summed E-state index contributed by atoms with van der Waals surface area (Å²) in [5.74, 6) is -1.88. The Bertz CT molecular complexity index is 1940. The summed E-state index contributed by atoms with van der Waals surface area (Å²) in [7, 11) is -2.70. The van der Waals surface area contributed by atoms with Gasteiger partial charge in [0.2, 0.25) is 11.8 Å². The third-order valence-electron chi connectivity index (χ3n) is 8.52. The third-order valence-corrected chi connectivity index (χ3v) is 10.3. The normalized spacial score (nSPS) is 13.0. The van der Waals surface area contributed by atoms with Gasteiger partial charge in [-0.05, 0) is 68.1 Å². The largest absolute Gasteiger partial charge is 0.355 e. The van der Waals surface area contributed by atoms with Crippen LogP contribution in [0.2, 0.25) is 0 Å². The summed E-state index contributed by atoms with van der Waals surface area (Å²) in [6, 6.07) is 21.3. The second-order valence-electron chi connectivity index (χ2n) is 12.9. The number of hydrogen-bond donors (Lipinski definition) is 6. The highest BCUT2D eigenvalue weighted by Crippen LogP contribution is 2.25. The number of aromatic nitrogens is 2. The second-order valence-corrected chi connectivity index (χ2v) is 14.9. The number of nitrogens with one attached hydrogen (secondary N) is 6. The molecule has 4 amide bonds. The van der Waals surface area contributed by atoms with Gasteiger partial charge >= 0.3 is 0 Å². The van der Waals surface area contributed by atoms with E-state index >= 15 is 0 Å². The van der Waals surface area contributed by atoms with Gasteiger partial charge in [0.15, 0.2) is 0 Å². The lowest BCUT2D eigenvalue weighted by atomic mass is 10.0. The number of sulfonamides is 1. The van der Waals surface area contributed by atoms with Crippen LogP contribution in [-0.4, -0.2) is 80.5 Å². The van der Waals surface area contributed by atoms with Crippen molar-refractivity contribution in [3.05, 3.63) is 114 Å². The molecule has 0 aliphatic carbocycles. The van der Waals surface area contributed by atoms with Crippen LogP contribution in [0.25, 0.3) is 0 Å². The van der Waals surface area contributed by atoms with Crippen LogP contribution >= 0.6 is 0 Å². The number of amides is 4. The molecule has 3 atom stereocenters. The first-order valence-corrected chi connectivity index (χ1v) is 18.9. The van der Waals surface area contributed by atoms with Crippen molar-refractivity contribution in [1.82, 2.24) is 36.8 Å². The minimum Gasteiger partial charge on any atom is -0.355 e. The number of benzene rings is 3. The van der Waals surface area contributed by atoms with E-state index in [1.165, 1.54) is 37.4 Å². The maximum absolute atomic E-state index is 14.0. The standard InChI is InChI=1S/C38H48N8O6S/c1-6-39-38(50)34(25(2)3)44-35(47)26(4)40-24-31(19-27-13-9-7-10-14-27)43-37(49)29-20-28(36(48)41-23-30-17-18-42-45-30)21-32(22-29)46(5)53(51,52)33-15-11-8-12-16-33/h7-18,20-22,25-26,31,34,40H,6,19,23-24H2,1-5H3,(H,39,50)(H,41,48)(H,42,45)(H,43,49)(H,44,47)/t26-,31-,34-/m0/s1. The fourth-order valence-electron chi connectivity index (χ4n) is 5.46. The first kappa shape index (κ1) is 40.2. The van der Waals surface area contributed by atoms with Gasteiger partial charge in [-0.3, -0.25) is 28.6 Å². The summed E-state index contributed by atoms with van der Waals surface area (Å²) >= 11 is 0. The highest BCUT2D eigenvalue weighted by molar-refractivity contribution is 7.92. The van der Waals surface area contributed by atoms with Crippen LogP contribution in [0.4, 0.5) is 5.69 Å². The van der Waals surface area contributed by atoms with Gasteiger partial charge in [-0.15, -0.1) is 0 Å². The Morgan fingerprint density at radius 1 is 0.811 bits per heavy atom. The molecule has 15 heteroatoms. The average Bonchev–Trinajstić information content (AvgIpc) is 3.68. The predicted octanol–water partition coefficient (Wildman–Crippen LogP) is 2.76. The van der Waals surface area contributed by atoms with Gasteiger partial charge < -0.3 is 26.6 Å². The highest BCUT2D eigenvalue weighted by Gasteiger charge is 2.27. The molecule has 282 valence electrons. The summed E-state index contributed by atoms with van der Waals surface area (Å²) in [6.45, 7) is 7.88. The van der Waals surface area contributed by atoms with Gasteiger partial charge in [0.1, 0.15) is 6.04 Å². The van der Waals surface area contributed by atoms with Gasteiger partial charge in [-0.25, -0.2) is 8.42 Å². The van der Waals surface area contributed by atoms with Crippen LogP contribution in [0.15, 0.2) is 96.0 Å². The zero-order valence-electron chi connectivity index (χ0n) is 30.6. The average molecular weight is 745 g/mol. The Morgan fingerprint density at radius 3 is 2.06 bits per heavy atom. The monoisotopic (exact) mass is 744 g/mol. The number of H-pyrrole nitrogens is 1. The van der Waals surface area contributed by atoms with Crippen LogP contribution in [-0.2, 0) is 32.6 Å². The number of hydrogen-bond acceptors (Lipinski definition) is 8. The molecule has 0 aliphatic rings. The van der Waals surface area contributed by atoms with E-state index < -0.39 is 40.0 Å².